The molecule has 0 bridgehead atoms. The first kappa shape index (κ1) is 16.0. The van der Waals surface area contributed by atoms with Crippen LogP contribution in [0.2, 0.25) is 0 Å². The van der Waals surface area contributed by atoms with E-state index in [2.05, 4.69) is 0 Å². The predicted octanol–water partition coefficient (Wildman–Crippen LogP) is 2.30. The van der Waals surface area contributed by atoms with E-state index >= 15 is 0 Å². The van der Waals surface area contributed by atoms with Crippen molar-refractivity contribution < 1.29 is 13.2 Å². The van der Waals surface area contributed by atoms with Crippen LogP contribution in [0.5, 0.6) is 5.75 Å². The van der Waals surface area contributed by atoms with Gasteiger partial charge in [-0.15, -0.1) is 0 Å². The number of sulfone groups is 1. The fourth-order valence-corrected chi connectivity index (χ4v) is 2.99. The van der Waals surface area contributed by atoms with E-state index in [1.54, 1.807) is 0 Å². The van der Waals surface area contributed by atoms with Crippen LogP contribution in [0.1, 0.15) is 38.3 Å². The summed E-state index contributed by atoms with van der Waals surface area (Å²) in [5.41, 5.74) is 6.93. The molecule has 108 valence electrons. The summed E-state index contributed by atoms with van der Waals surface area (Å²) in [7, 11) is -3.00. The summed E-state index contributed by atoms with van der Waals surface area (Å²) in [5.74, 6) is 0.951. The van der Waals surface area contributed by atoms with Crippen molar-refractivity contribution in [1.82, 2.24) is 0 Å². The SMILES string of the molecule is CCCS(=O)(=O)CCOc1ccccc1[C@@H](N)CC. The van der Waals surface area contributed by atoms with Gasteiger partial charge in [0.2, 0.25) is 0 Å². The van der Waals surface area contributed by atoms with Crippen LogP contribution in [0.4, 0.5) is 0 Å². The molecule has 0 spiro atoms. The lowest BCUT2D eigenvalue weighted by Gasteiger charge is -2.15. The maximum absolute atomic E-state index is 11.6. The van der Waals surface area contributed by atoms with Crippen molar-refractivity contribution in [3.8, 4) is 5.75 Å². The summed E-state index contributed by atoms with van der Waals surface area (Å²) in [6.45, 7) is 4.04. The van der Waals surface area contributed by atoms with Crippen LogP contribution in [-0.4, -0.2) is 26.5 Å². The van der Waals surface area contributed by atoms with Crippen molar-refractivity contribution in [2.45, 2.75) is 32.7 Å². The Bertz CT molecular complexity index is 485. The summed E-state index contributed by atoms with van der Waals surface area (Å²) in [6.07, 6.45) is 1.45. The predicted molar refractivity (Wildman–Crippen MR) is 78.1 cm³/mol. The Balaban J connectivity index is 2.63. The first-order valence-electron chi connectivity index (χ1n) is 6.68. The highest BCUT2D eigenvalue weighted by Gasteiger charge is 2.12. The third kappa shape index (κ3) is 5.20. The largest absolute Gasteiger partial charge is 0.492 e. The first-order valence-corrected chi connectivity index (χ1v) is 8.50. The maximum Gasteiger partial charge on any atom is 0.153 e. The highest BCUT2D eigenvalue weighted by atomic mass is 32.2. The molecule has 0 aliphatic rings. The van der Waals surface area contributed by atoms with Gasteiger partial charge in [0.1, 0.15) is 12.4 Å². The lowest BCUT2D eigenvalue weighted by Crippen LogP contribution is -2.18. The zero-order valence-electron chi connectivity index (χ0n) is 11.6. The molecule has 19 heavy (non-hydrogen) atoms. The lowest BCUT2D eigenvalue weighted by atomic mass is 10.0. The van der Waals surface area contributed by atoms with Crippen molar-refractivity contribution in [2.24, 2.45) is 5.73 Å². The molecule has 5 heteroatoms. The fourth-order valence-electron chi connectivity index (χ4n) is 1.83. The Morgan fingerprint density at radius 1 is 1.21 bits per heavy atom. The number of hydrogen-bond acceptors (Lipinski definition) is 4. The molecule has 1 atom stereocenters. The quantitative estimate of drug-likeness (QED) is 0.795. The number of benzene rings is 1. The van der Waals surface area contributed by atoms with E-state index in [0.29, 0.717) is 12.2 Å². The van der Waals surface area contributed by atoms with E-state index in [9.17, 15) is 8.42 Å². The van der Waals surface area contributed by atoms with Crippen molar-refractivity contribution in [3.63, 3.8) is 0 Å². The summed E-state index contributed by atoms with van der Waals surface area (Å²) in [4.78, 5) is 0. The second-order valence-electron chi connectivity index (χ2n) is 4.55. The standard InChI is InChI=1S/C14H23NO3S/c1-3-10-19(16,17)11-9-18-14-8-6-5-7-12(14)13(15)4-2/h5-8,13H,3-4,9-11,15H2,1-2H3/t13-/m0/s1. The maximum atomic E-state index is 11.6. The molecule has 0 radical (unpaired) electrons. The summed E-state index contributed by atoms with van der Waals surface area (Å²) in [6, 6.07) is 7.44. The van der Waals surface area contributed by atoms with Crippen LogP contribution in [0, 0.1) is 0 Å². The number of para-hydroxylation sites is 1. The highest BCUT2D eigenvalue weighted by Crippen LogP contribution is 2.25. The van der Waals surface area contributed by atoms with E-state index in [1.165, 1.54) is 0 Å². The Labute approximate surface area is 115 Å². The fraction of sp³-hybridized carbons (Fsp3) is 0.571. The summed E-state index contributed by atoms with van der Waals surface area (Å²) in [5, 5.41) is 0. The summed E-state index contributed by atoms with van der Waals surface area (Å²) < 4.78 is 28.8. The van der Waals surface area contributed by atoms with Crippen molar-refractivity contribution in [1.29, 1.82) is 0 Å². The molecule has 1 rings (SSSR count). The van der Waals surface area contributed by atoms with E-state index in [4.69, 9.17) is 10.5 Å². The third-order valence-corrected chi connectivity index (χ3v) is 4.74. The van der Waals surface area contributed by atoms with Crippen LogP contribution in [0.15, 0.2) is 24.3 Å². The van der Waals surface area contributed by atoms with Crippen molar-refractivity contribution >= 4 is 9.84 Å². The Morgan fingerprint density at radius 3 is 2.53 bits per heavy atom. The molecule has 4 nitrogen and oxygen atoms in total. The lowest BCUT2D eigenvalue weighted by molar-refractivity contribution is 0.334. The minimum Gasteiger partial charge on any atom is -0.492 e. The van der Waals surface area contributed by atoms with E-state index in [1.807, 2.05) is 38.1 Å². The monoisotopic (exact) mass is 285 g/mol. The molecular formula is C14H23NO3S. The normalized spacial score (nSPS) is 13.2. The molecule has 0 amide bonds. The number of hydrogen-bond donors (Lipinski definition) is 1. The van der Waals surface area contributed by atoms with E-state index < -0.39 is 9.84 Å². The second kappa shape index (κ2) is 7.50. The van der Waals surface area contributed by atoms with Crippen molar-refractivity contribution in [3.05, 3.63) is 29.8 Å². The second-order valence-corrected chi connectivity index (χ2v) is 6.86. The van der Waals surface area contributed by atoms with Gasteiger partial charge in [-0.2, -0.15) is 0 Å². The Kier molecular flexibility index (Phi) is 6.31. The molecule has 2 N–H and O–H groups in total. The van der Waals surface area contributed by atoms with Gasteiger partial charge in [-0.25, -0.2) is 8.42 Å². The van der Waals surface area contributed by atoms with Crippen LogP contribution in [0.25, 0.3) is 0 Å². The molecule has 0 aromatic heterocycles. The Hall–Kier alpha value is -1.07. The zero-order valence-corrected chi connectivity index (χ0v) is 12.4. The van der Waals surface area contributed by atoms with Gasteiger partial charge >= 0.3 is 0 Å². The summed E-state index contributed by atoms with van der Waals surface area (Å²) >= 11 is 0. The minimum atomic E-state index is -3.00. The van der Waals surface area contributed by atoms with E-state index in [0.717, 1.165) is 12.0 Å². The van der Waals surface area contributed by atoms with Crippen LogP contribution in [-0.2, 0) is 9.84 Å². The number of ether oxygens (including phenoxy) is 1. The average Bonchev–Trinajstić information content (AvgIpc) is 2.38. The molecule has 0 saturated heterocycles. The van der Waals surface area contributed by atoms with E-state index in [-0.39, 0.29) is 24.2 Å². The number of rotatable bonds is 8. The zero-order chi connectivity index (χ0) is 14.3. The first-order chi connectivity index (χ1) is 9.00. The minimum absolute atomic E-state index is 0.0521. The molecule has 0 unspecified atom stereocenters. The topological polar surface area (TPSA) is 69.4 Å². The molecule has 0 aliphatic carbocycles. The van der Waals surface area contributed by atoms with Gasteiger partial charge in [0.05, 0.1) is 11.5 Å². The molecule has 0 saturated carbocycles. The van der Waals surface area contributed by atoms with Gasteiger partial charge in [0, 0.05) is 11.6 Å². The molecule has 0 fully saturated rings. The highest BCUT2D eigenvalue weighted by molar-refractivity contribution is 7.91. The van der Waals surface area contributed by atoms with Gasteiger partial charge < -0.3 is 10.5 Å². The van der Waals surface area contributed by atoms with Crippen LogP contribution < -0.4 is 10.5 Å². The van der Waals surface area contributed by atoms with Crippen LogP contribution in [0.3, 0.4) is 0 Å². The third-order valence-electron chi connectivity index (χ3n) is 2.93. The van der Waals surface area contributed by atoms with Crippen LogP contribution >= 0.6 is 0 Å². The molecular weight excluding hydrogens is 262 g/mol. The van der Waals surface area contributed by atoms with Gasteiger partial charge in [-0.3, -0.25) is 0 Å². The smallest absolute Gasteiger partial charge is 0.153 e. The number of nitrogens with two attached hydrogens (primary N) is 1. The molecule has 0 heterocycles. The van der Waals surface area contributed by atoms with Gasteiger partial charge in [0.25, 0.3) is 0 Å². The molecule has 1 aromatic carbocycles. The molecule has 0 aliphatic heterocycles. The van der Waals surface area contributed by atoms with Gasteiger partial charge in [0.15, 0.2) is 9.84 Å². The van der Waals surface area contributed by atoms with Crippen molar-refractivity contribution in [2.75, 3.05) is 18.1 Å². The average molecular weight is 285 g/mol. The Morgan fingerprint density at radius 2 is 1.89 bits per heavy atom. The van der Waals surface area contributed by atoms with Gasteiger partial charge in [-0.05, 0) is 18.9 Å². The van der Waals surface area contributed by atoms with Gasteiger partial charge in [-0.1, -0.05) is 32.0 Å². The molecule has 1 aromatic rings.